The van der Waals surface area contributed by atoms with Crippen LogP contribution in [0.3, 0.4) is 0 Å². The van der Waals surface area contributed by atoms with Crippen molar-refractivity contribution in [2.75, 3.05) is 32.8 Å². The van der Waals surface area contributed by atoms with E-state index in [4.69, 9.17) is 9.73 Å². The molecule has 0 aliphatic carbocycles. The fourth-order valence-corrected chi connectivity index (χ4v) is 3.70. The van der Waals surface area contributed by atoms with Crippen molar-refractivity contribution in [2.24, 2.45) is 4.99 Å². The summed E-state index contributed by atoms with van der Waals surface area (Å²) in [6.45, 7) is 12.3. The van der Waals surface area contributed by atoms with Gasteiger partial charge in [0.2, 0.25) is 0 Å². The summed E-state index contributed by atoms with van der Waals surface area (Å²) in [7, 11) is 0. The Morgan fingerprint density at radius 3 is 2.77 bits per heavy atom. The Bertz CT molecular complexity index is 767. The Balaban J connectivity index is 0.00000320. The lowest BCUT2D eigenvalue weighted by Gasteiger charge is -2.38. The van der Waals surface area contributed by atoms with Crippen LogP contribution < -0.4 is 10.6 Å². The summed E-state index contributed by atoms with van der Waals surface area (Å²) in [4.78, 5) is 7.33. The fraction of sp³-hybridized carbons (Fsp3) is 0.545. The van der Waals surface area contributed by atoms with Crippen molar-refractivity contribution in [3.05, 3.63) is 53.9 Å². The maximum absolute atomic E-state index is 5.56. The van der Waals surface area contributed by atoms with Crippen molar-refractivity contribution in [1.29, 1.82) is 0 Å². The van der Waals surface area contributed by atoms with Crippen LogP contribution in [0.15, 0.2) is 47.7 Å². The lowest BCUT2D eigenvalue weighted by molar-refractivity contribution is -0.0174. The molecule has 0 saturated carbocycles. The van der Waals surface area contributed by atoms with Crippen LogP contribution in [0.5, 0.6) is 0 Å². The number of aliphatic imine (C=N–C) groups is 1. The number of ether oxygens (including phenoxy) is 1. The van der Waals surface area contributed by atoms with Crippen LogP contribution in [-0.4, -0.2) is 65.6 Å². The first-order valence-corrected chi connectivity index (χ1v) is 10.6. The minimum atomic E-state index is 0. The van der Waals surface area contributed by atoms with Gasteiger partial charge in [-0.15, -0.1) is 24.0 Å². The number of benzene rings is 1. The van der Waals surface area contributed by atoms with Crippen LogP contribution in [0.2, 0.25) is 0 Å². The number of aromatic nitrogens is 2. The zero-order valence-corrected chi connectivity index (χ0v) is 20.6. The first-order valence-electron chi connectivity index (χ1n) is 10.6. The predicted molar refractivity (Wildman–Crippen MR) is 132 cm³/mol. The molecular weight excluding hydrogens is 491 g/mol. The molecule has 1 aliphatic heterocycles. The molecule has 1 saturated heterocycles. The smallest absolute Gasteiger partial charge is 0.191 e. The SMILES string of the molecule is CCNC(=NCc1ccccc1Cn1cccn1)NCC(C)N1CCOCC1C.I. The molecule has 2 atom stereocenters. The summed E-state index contributed by atoms with van der Waals surface area (Å²) < 4.78 is 7.50. The minimum Gasteiger partial charge on any atom is -0.379 e. The van der Waals surface area contributed by atoms with E-state index in [-0.39, 0.29) is 24.0 Å². The van der Waals surface area contributed by atoms with Gasteiger partial charge in [-0.3, -0.25) is 9.58 Å². The molecule has 0 amide bonds. The molecule has 1 aromatic carbocycles. The quantitative estimate of drug-likeness (QED) is 0.315. The molecule has 0 spiro atoms. The van der Waals surface area contributed by atoms with E-state index in [2.05, 4.69) is 65.7 Å². The summed E-state index contributed by atoms with van der Waals surface area (Å²) in [6.07, 6.45) is 3.80. The molecule has 1 fully saturated rings. The Morgan fingerprint density at radius 1 is 1.27 bits per heavy atom. The van der Waals surface area contributed by atoms with Crippen LogP contribution in [0.25, 0.3) is 0 Å². The van der Waals surface area contributed by atoms with Gasteiger partial charge < -0.3 is 15.4 Å². The van der Waals surface area contributed by atoms with Crippen molar-refractivity contribution in [3.63, 3.8) is 0 Å². The highest BCUT2D eigenvalue weighted by Crippen LogP contribution is 2.12. The third-order valence-electron chi connectivity index (χ3n) is 5.31. The Kier molecular flexibility index (Phi) is 10.6. The summed E-state index contributed by atoms with van der Waals surface area (Å²) in [6, 6.07) is 11.3. The lowest BCUT2D eigenvalue weighted by atomic mass is 10.1. The molecule has 7 nitrogen and oxygen atoms in total. The number of halogens is 1. The molecule has 1 aromatic heterocycles. The number of rotatable bonds is 8. The summed E-state index contributed by atoms with van der Waals surface area (Å²) in [5.41, 5.74) is 2.46. The van der Waals surface area contributed by atoms with Gasteiger partial charge in [-0.2, -0.15) is 5.10 Å². The maximum Gasteiger partial charge on any atom is 0.191 e. The second kappa shape index (κ2) is 12.9. The van der Waals surface area contributed by atoms with Crippen molar-refractivity contribution in [2.45, 2.75) is 45.9 Å². The summed E-state index contributed by atoms with van der Waals surface area (Å²) in [5, 5.41) is 11.2. The van der Waals surface area contributed by atoms with Gasteiger partial charge in [-0.05, 0) is 38.0 Å². The zero-order chi connectivity index (χ0) is 20.5. The van der Waals surface area contributed by atoms with E-state index in [0.717, 1.165) is 45.4 Å². The van der Waals surface area contributed by atoms with E-state index < -0.39 is 0 Å². The van der Waals surface area contributed by atoms with Crippen LogP contribution >= 0.6 is 24.0 Å². The fourth-order valence-electron chi connectivity index (χ4n) is 3.70. The third kappa shape index (κ3) is 7.24. The largest absolute Gasteiger partial charge is 0.379 e. The second-order valence-electron chi connectivity index (χ2n) is 7.56. The highest BCUT2D eigenvalue weighted by Gasteiger charge is 2.23. The van der Waals surface area contributed by atoms with Gasteiger partial charge in [0.15, 0.2) is 5.96 Å². The van der Waals surface area contributed by atoms with Gasteiger partial charge >= 0.3 is 0 Å². The molecule has 2 aromatic rings. The highest BCUT2D eigenvalue weighted by molar-refractivity contribution is 14.0. The van der Waals surface area contributed by atoms with Crippen molar-refractivity contribution < 1.29 is 4.74 Å². The molecule has 2 heterocycles. The number of nitrogens with zero attached hydrogens (tertiary/aromatic N) is 4. The lowest BCUT2D eigenvalue weighted by Crippen LogP contribution is -2.53. The first-order chi connectivity index (χ1) is 14.2. The van der Waals surface area contributed by atoms with Crippen molar-refractivity contribution in [1.82, 2.24) is 25.3 Å². The van der Waals surface area contributed by atoms with Gasteiger partial charge in [0.25, 0.3) is 0 Å². The number of hydrogen-bond donors (Lipinski definition) is 2. The normalized spacial score (nSPS) is 18.5. The molecular formula is C22H35IN6O. The average molecular weight is 526 g/mol. The Hall–Kier alpha value is -1.65. The third-order valence-corrected chi connectivity index (χ3v) is 5.31. The van der Waals surface area contributed by atoms with E-state index in [1.54, 1.807) is 0 Å². The summed E-state index contributed by atoms with van der Waals surface area (Å²) >= 11 is 0. The molecule has 2 N–H and O–H groups in total. The topological polar surface area (TPSA) is 66.7 Å². The number of nitrogens with one attached hydrogen (secondary N) is 2. The van der Waals surface area contributed by atoms with E-state index in [0.29, 0.717) is 18.6 Å². The molecule has 2 unspecified atom stereocenters. The molecule has 0 bridgehead atoms. The molecule has 1 aliphatic rings. The first kappa shape index (κ1) is 24.6. The predicted octanol–water partition coefficient (Wildman–Crippen LogP) is 2.71. The van der Waals surface area contributed by atoms with Crippen molar-refractivity contribution >= 4 is 29.9 Å². The average Bonchev–Trinajstić information content (AvgIpc) is 3.24. The van der Waals surface area contributed by atoms with Crippen LogP contribution in [0, 0.1) is 0 Å². The highest BCUT2D eigenvalue weighted by atomic mass is 127. The molecule has 3 rings (SSSR count). The number of hydrogen-bond acceptors (Lipinski definition) is 4. The van der Waals surface area contributed by atoms with Gasteiger partial charge in [0.1, 0.15) is 0 Å². The van der Waals surface area contributed by atoms with E-state index in [1.807, 2.05) is 23.1 Å². The van der Waals surface area contributed by atoms with E-state index >= 15 is 0 Å². The van der Waals surface area contributed by atoms with E-state index in [1.165, 1.54) is 11.1 Å². The van der Waals surface area contributed by atoms with Crippen LogP contribution in [0.4, 0.5) is 0 Å². The monoisotopic (exact) mass is 526 g/mol. The summed E-state index contributed by atoms with van der Waals surface area (Å²) in [5.74, 6) is 0.856. The maximum atomic E-state index is 5.56. The van der Waals surface area contributed by atoms with Gasteiger partial charge in [0, 0.05) is 44.1 Å². The van der Waals surface area contributed by atoms with Gasteiger partial charge in [0.05, 0.1) is 26.3 Å². The zero-order valence-electron chi connectivity index (χ0n) is 18.3. The van der Waals surface area contributed by atoms with Gasteiger partial charge in [-0.25, -0.2) is 4.99 Å². The Labute approximate surface area is 197 Å². The molecule has 30 heavy (non-hydrogen) atoms. The van der Waals surface area contributed by atoms with Crippen LogP contribution in [0.1, 0.15) is 31.9 Å². The van der Waals surface area contributed by atoms with Crippen LogP contribution in [-0.2, 0) is 17.8 Å². The van der Waals surface area contributed by atoms with Gasteiger partial charge in [-0.1, -0.05) is 24.3 Å². The molecule has 8 heteroatoms. The Morgan fingerprint density at radius 2 is 2.07 bits per heavy atom. The van der Waals surface area contributed by atoms with Crippen molar-refractivity contribution in [3.8, 4) is 0 Å². The van der Waals surface area contributed by atoms with E-state index in [9.17, 15) is 0 Å². The minimum absolute atomic E-state index is 0. The molecule has 166 valence electrons. The standard InChI is InChI=1S/C22H34N6O.HI/c1-4-23-22(24-14-18(2)28-12-13-29-17-19(28)3)25-15-20-8-5-6-9-21(20)16-27-11-7-10-26-27;/h5-11,18-19H,4,12-17H2,1-3H3,(H2,23,24,25);1H. The number of morpholine rings is 1. The second-order valence-corrected chi connectivity index (χ2v) is 7.56. The molecule has 0 radical (unpaired) electrons. The number of guanidine groups is 1.